The highest BCUT2D eigenvalue weighted by molar-refractivity contribution is 6.14. The van der Waals surface area contributed by atoms with Crippen molar-refractivity contribution in [2.45, 2.75) is 56.7 Å². The number of hydrogen-bond acceptors (Lipinski definition) is 7. The van der Waals surface area contributed by atoms with Crippen molar-refractivity contribution in [3.05, 3.63) is 48.7 Å². The largest absolute Gasteiger partial charge is 0.493 e. The molecule has 6 rings (SSSR count). The molecule has 9 heteroatoms. The fraction of sp³-hybridized carbons (Fsp3) is 0.433. The third-order valence-corrected chi connectivity index (χ3v) is 8.84. The van der Waals surface area contributed by atoms with Crippen molar-refractivity contribution in [1.29, 1.82) is 0 Å². The van der Waals surface area contributed by atoms with Crippen LogP contribution in [0.4, 0.5) is 5.69 Å². The van der Waals surface area contributed by atoms with E-state index in [0.717, 1.165) is 42.3 Å². The summed E-state index contributed by atoms with van der Waals surface area (Å²) in [4.78, 5) is 34.9. The van der Waals surface area contributed by atoms with Gasteiger partial charge in [-0.25, -0.2) is 0 Å². The minimum absolute atomic E-state index is 0.0291. The Morgan fingerprint density at radius 2 is 1.62 bits per heavy atom. The fourth-order valence-corrected chi connectivity index (χ4v) is 6.35. The van der Waals surface area contributed by atoms with E-state index in [0.29, 0.717) is 47.9 Å². The highest BCUT2D eigenvalue weighted by Crippen LogP contribution is 2.49. The van der Waals surface area contributed by atoms with Crippen LogP contribution in [0.3, 0.4) is 0 Å². The summed E-state index contributed by atoms with van der Waals surface area (Å²) in [6, 6.07) is 13.9. The van der Waals surface area contributed by atoms with Crippen LogP contribution in [-0.2, 0) is 9.59 Å². The van der Waals surface area contributed by atoms with Gasteiger partial charge < -0.3 is 29.7 Å². The Morgan fingerprint density at radius 3 is 2.21 bits per heavy atom. The molecule has 0 spiro atoms. The van der Waals surface area contributed by atoms with E-state index >= 15 is 0 Å². The van der Waals surface area contributed by atoms with Gasteiger partial charge in [-0.15, -0.1) is 0 Å². The van der Waals surface area contributed by atoms with Crippen LogP contribution in [0.15, 0.2) is 48.7 Å². The van der Waals surface area contributed by atoms with Gasteiger partial charge in [0.05, 0.1) is 19.7 Å². The Bertz CT molecular complexity index is 1410. The van der Waals surface area contributed by atoms with Gasteiger partial charge >= 0.3 is 0 Å². The van der Waals surface area contributed by atoms with Gasteiger partial charge in [0.25, 0.3) is 0 Å². The molecule has 1 aromatic heterocycles. The van der Waals surface area contributed by atoms with E-state index in [9.17, 15) is 9.59 Å². The molecule has 3 atom stereocenters. The zero-order valence-corrected chi connectivity index (χ0v) is 22.6. The predicted octanol–water partition coefficient (Wildman–Crippen LogP) is 4.27. The van der Waals surface area contributed by atoms with Gasteiger partial charge in [0, 0.05) is 41.5 Å². The summed E-state index contributed by atoms with van der Waals surface area (Å²) in [7, 11) is 5.35. The number of nitrogens with zero attached hydrogens (tertiary/aromatic N) is 3. The molecular weight excluding hydrogens is 496 g/mol. The summed E-state index contributed by atoms with van der Waals surface area (Å²) in [5.41, 5.74) is 6.13. The molecule has 3 aliphatic rings. The van der Waals surface area contributed by atoms with E-state index in [4.69, 9.17) is 19.9 Å². The second-order valence-electron chi connectivity index (χ2n) is 10.9. The second kappa shape index (κ2) is 9.72. The van der Waals surface area contributed by atoms with Crippen molar-refractivity contribution in [1.82, 2.24) is 9.88 Å². The molecule has 3 fully saturated rings. The van der Waals surface area contributed by atoms with E-state index in [1.54, 1.807) is 26.5 Å². The summed E-state index contributed by atoms with van der Waals surface area (Å²) >= 11 is 0. The molecule has 204 valence electrons. The van der Waals surface area contributed by atoms with Gasteiger partial charge in [-0.05, 0) is 82.0 Å². The van der Waals surface area contributed by atoms with E-state index < -0.39 is 11.3 Å². The molecule has 3 aromatic rings. The van der Waals surface area contributed by atoms with Gasteiger partial charge in [-0.1, -0.05) is 0 Å². The Labute approximate surface area is 227 Å². The number of piperidine rings is 1. The van der Waals surface area contributed by atoms with E-state index in [1.807, 2.05) is 41.3 Å². The van der Waals surface area contributed by atoms with E-state index in [1.165, 1.54) is 0 Å². The SMILES string of the molecule is COc1cc2nccc(Oc3ccc(N(C(=O)C4(C(N)=O)CC4)[C@@H]4C[C@H]5CC[C@@H](C4)N5C)cc3)c2cc1OC. The predicted molar refractivity (Wildman–Crippen MR) is 147 cm³/mol. The summed E-state index contributed by atoms with van der Waals surface area (Å²) in [5, 5.41) is 0.787. The molecule has 0 unspecified atom stereocenters. The van der Waals surface area contributed by atoms with Gasteiger partial charge in [-0.3, -0.25) is 14.6 Å². The maximum Gasteiger partial charge on any atom is 0.242 e. The summed E-state index contributed by atoms with van der Waals surface area (Å²) in [5.74, 6) is 1.73. The molecule has 2 amide bonds. The zero-order chi connectivity index (χ0) is 27.3. The van der Waals surface area contributed by atoms with E-state index in [2.05, 4.69) is 16.9 Å². The second-order valence-corrected chi connectivity index (χ2v) is 10.9. The van der Waals surface area contributed by atoms with Crippen LogP contribution in [0.2, 0.25) is 0 Å². The lowest BCUT2D eigenvalue weighted by Gasteiger charge is -2.42. The molecule has 1 saturated carbocycles. The lowest BCUT2D eigenvalue weighted by atomic mass is 9.93. The smallest absolute Gasteiger partial charge is 0.242 e. The molecule has 1 aliphatic carbocycles. The number of pyridine rings is 1. The number of fused-ring (bicyclic) bond motifs is 3. The monoisotopic (exact) mass is 530 g/mol. The third kappa shape index (κ3) is 4.34. The number of carbonyl (C=O) groups excluding carboxylic acids is 2. The first-order valence-electron chi connectivity index (χ1n) is 13.5. The molecular formula is C30H34N4O5. The van der Waals surface area contributed by atoms with Crippen LogP contribution in [0.5, 0.6) is 23.0 Å². The van der Waals surface area contributed by atoms with Crippen molar-refractivity contribution in [2.24, 2.45) is 11.1 Å². The van der Waals surface area contributed by atoms with E-state index in [-0.39, 0.29) is 11.9 Å². The molecule has 0 radical (unpaired) electrons. The van der Waals surface area contributed by atoms with Crippen LogP contribution in [-0.4, -0.2) is 61.1 Å². The van der Waals surface area contributed by atoms with Gasteiger partial charge in [-0.2, -0.15) is 0 Å². The first-order valence-corrected chi connectivity index (χ1v) is 13.5. The normalized spacial score (nSPS) is 23.3. The number of primary amides is 1. The highest BCUT2D eigenvalue weighted by Gasteiger charge is 2.58. The van der Waals surface area contributed by atoms with Crippen molar-refractivity contribution in [2.75, 3.05) is 26.2 Å². The van der Waals surface area contributed by atoms with Crippen molar-refractivity contribution >= 4 is 28.4 Å². The van der Waals surface area contributed by atoms with Gasteiger partial charge in [0.15, 0.2) is 11.5 Å². The molecule has 2 aliphatic heterocycles. The van der Waals surface area contributed by atoms with Crippen molar-refractivity contribution < 1.29 is 23.8 Å². The average Bonchev–Trinajstić information content (AvgIpc) is 3.73. The summed E-state index contributed by atoms with van der Waals surface area (Å²) in [6.45, 7) is 0. The summed E-state index contributed by atoms with van der Waals surface area (Å²) in [6.07, 6.45) is 6.78. The quantitative estimate of drug-likeness (QED) is 0.434. The fourth-order valence-electron chi connectivity index (χ4n) is 6.35. The minimum Gasteiger partial charge on any atom is -0.493 e. The molecule has 2 bridgehead atoms. The number of ether oxygens (including phenoxy) is 3. The topological polar surface area (TPSA) is 107 Å². The van der Waals surface area contributed by atoms with Crippen LogP contribution in [0.1, 0.15) is 38.5 Å². The van der Waals surface area contributed by atoms with Crippen LogP contribution in [0.25, 0.3) is 10.9 Å². The van der Waals surface area contributed by atoms with Crippen LogP contribution < -0.4 is 24.8 Å². The number of aromatic nitrogens is 1. The maximum absolute atomic E-state index is 13.9. The first kappa shape index (κ1) is 25.4. The maximum atomic E-state index is 13.9. The number of carbonyl (C=O) groups is 2. The number of benzene rings is 2. The number of anilines is 1. The molecule has 9 nitrogen and oxygen atoms in total. The highest BCUT2D eigenvalue weighted by atomic mass is 16.5. The van der Waals surface area contributed by atoms with Gasteiger partial charge in [0.1, 0.15) is 16.9 Å². The standard InChI is InChI=1S/C30H34N4O5/c1-33-19-4-5-20(33)15-21(14-19)34(29(36)30(11-12-30)28(31)35)18-6-8-22(9-7-18)39-25-10-13-32-24-17-27(38-3)26(37-2)16-23(24)25/h6-10,13,16-17,19-21H,4-5,11-12,14-15H2,1-3H3,(H2,31,35)/t19-,20+,21-. The van der Waals surface area contributed by atoms with Crippen LogP contribution in [0, 0.1) is 5.41 Å². The van der Waals surface area contributed by atoms with Crippen LogP contribution >= 0.6 is 0 Å². The molecule has 2 N–H and O–H groups in total. The van der Waals surface area contributed by atoms with Crippen molar-refractivity contribution in [3.63, 3.8) is 0 Å². The Kier molecular flexibility index (Phi) is 6.33. The third-order valence-electron chi connectivity index (χ3n) is 8.84. The lowest BCUT2D eigenvalue weighted by molar-refractivity contribution is -0.134. The molecule has 2 aromatic carbocycles. The Morgan fingerprint density at radius 1 is 0.974 bits per heavy atom. The van der Waals surface area contributed by atoms with Crippen molar-refractivity contribution in [3.8, 4) is 23.0 Å². The number of nitrogens with two attached hydrogens (primary N) is 1. The molecule has 39 heavy (non-hydrogen) atoms. The number of methoxy groups -OCH3 is 2. The Hall–Kier alpha value is -3.85. The lowest BCUT2D eigenvalue weighted by Crippen LogP contribution is -2.54. The number of rotatable bonds is 8. The Balaban J connectivity index is 1.30. The molecule has 2 saturated heterocycles. The number of amides is 2. The zero-order valence-electron chi connectivity index (χ0n) is 22.6. The van der Waals surface area contributed by atoms with Gasteiger partial charge in [0.2, 0.25) is 11.8 Å². The summed E-state index contributed by atoms with van der Waals surface area (Å²) < 4.78 is 17.1. The number of hydrogen-bond donors (Lipinski definition) is 1. The first-order chi connectivity index (χ1) is 18.8. The minimum atomic E-state index is -1.08. The average molecular weight is 531 g/mol. The molecule has 3 heterocycles.